The predicted octanol–water partition coefficient (Wildman–Crippen LogP) is 4.03. The molecule has 0 heterocycles. The van der Waals surface area contributed by atoms with Crippen LogP contribution in [0.4, 0.5) is 5.69 Å². The van der Waals surface area contributed by atoms with Crippen LogP contribution in [0.2, 0.25) is 5.02 Å². The molecule has 0 fully saturated rings. The second-order valence-corrected chi connectivity index (χ2v) is 5.27. The minimum Gasteiger partial charge on any atom is -0.332 e. The van der Waals surface area contributed by atoms with Gasteiger partial charge in [0.25, 0.3) is 5.91 Å². The SMILES string of the molecule is CCc1ccccc1NC(=S)NC(=O)c1ccc(Cl)cc1. The molecule has 2 aromatic rings. The minimum absolute atomic E-state index is 0.266. The molecule has 2 rings (SSSR count). The molecular formula is C16H15ClN2OS. The molecule has 0 aromatic heterocycles. The van der Waals surface area contributed by atoms with E-state index in [1.165, 1.54) is 0 Å². The molecule has 0 atom stereocenters. The van der Waals surface area contributed by atoms with Gasteiger partial charge in [0.2, 0.25) is 0 Å². The Bertz CT molecular complexity index is 656. The molecule has 108 valence electrons. The summed E-state index contributed by atoms with van der Waals surface area (Å²) in [6.07, 6.45) is 0.886. The van der Waals surface area contributed by atoms with Gasteiger partial charge in [-0.3, -0.25) is 10.1 Å². The van der Waals surface area contributed by atoms with E-state index in [0.717, 1.165) is 17.7 Å². The van der Waals surface area contributed by atoms with E-state index in [1.807, 2.05) is 24.3 Å². The van der Waals surface area contributed by atoms with Crippen LogP contribution < -0.4 is 10.6 Å². The largest absolute Gasteiger partial charge is 0.332 e. The Labute approximate surface area is 134 Å². The topological polar surface area (TPSA) is 41.1 Å². The Balaban J connectivity index is 2.01. The van der Waals surface area contributed by atoms with Crippen molar-refractivity contribution in [3.05, 3.63) is 64.7 Å². The van der Waals surface area contributed by atoms with Crippen molar-refractivity contribution in [2.75, 3.05) is 5.32 Å². The number of amides is 1. The zero-order valence-electron chi connectivity index (χ0n) is 11.5. The maximum absolute atomic E-state index is 12.0. The molecule has 2 aromatic carbocycles. The first-order valence-electron chi connectivity index (χ1n) is 6.56. The van der Waals surface area contributed by atoms with Crippen molar-refractivity contribution in [1.82, 2.24) is 5.32 Å². The number of hydrogen-bond donors (Lipinski definition) is 2. The van der Waals surface area contributed by atoms with Crippen molar-refractivity contribution in [3.8, 4) is 0 Å². The first-order chi connectivity index (χ1) is 10.1. The number of hydrogen-bond acceptors (Lipinski definition) is 2. The van der Waals surface area contributed by atoms with Crippen LogP contribution >= 0.6 is 23.8 Å². The van der Waals surface area contributed by atoms with Crippen LogP contribution in [0.3, 0.4) is 0 Å². The van der Waals surface area contributed by atoms with Crippen LogP contribution in [0, 0.1) is 0 Å². The molecule has 3 nitrogen and oxygen atoms in total. The predicted molar refractivity (Wildman–Crippen MR) is 91.0 cm³/mol. The number of anilines is 1. The van der Waals surface area contributed by atoms with Gasteiger partial charge in [-0.05, 0) is 54.5 Å². The third kappa shape index (κ3) is 4.28. The number of thiocarbonyl (C=S) groups is 1. The van der Waals surface area contributed by atoms with Gasteiger partial charge in [0.05, 0.1) is 0 Å². The first kappa shape index (κ1) is 15.5. The van der Waals surface area contributed by atoms with Crippen LogP contribution in [0.25, 0.3) is 0 Å². The van der Waals surface area contributed by atoms with Gasteiger partial charge in [-0.1, -0.05) is 36.7 Å². The zero-order valence-corrected chi connectivity index (χ0v) is 13.1. The summed E-state index contributed by atoms with van der Waals surface area (Å²) < 4.78 is 0. The molecule has 0 aliphatic heterocycles. The Hall–Kier alpha value is -1.91. The Morgan fingerprint density at radius 1 is 1.14 bits per heavy atom. The number of halogens is 1. The van der Waals surface area contributed by atoms with E-state index in [0.29, 0.717) is 10.6 Å². The van der Waals surface area contributed by atoms with Gasteiger partial charge in [-0.15, -0.1) is 0 Å². The second-order valence-electron chi connectivity index (χ2n) is 4.43. The average Bonchev–Trinajstić information content (AvgIpc) is 2.48. The zero-order chi connectivity index (χ0) is 15.2. The quantitative estimate of drug-likeness (QED) is 0.840. The maximum Gasteiger partial charge on any atom is 0.257 e. The summed E-state index contributed by atoms with van der Waals surface area (Å²) in [4.78, 5) is 12.0. The number of carbonyl (C=O) groups excluding carboxylic acids is 1. The maximum atomic E-state index is 12.0. The van der Waals surface area contributed by atoms with Gasteiger partial charge in [0.15, 0.2) is 5.11 Å². The second kappa shape index (κ2) is 7.20. The first-order valence-corrected chi connectivity index (χ1v) is 7.34. The van der Waals surface area contributed by atoms with E-state index < -0.39 is 0 Å². The molecule has 0 spiro atoms. The monoisotopic (exact) mass is 318 g/mol. The smallest absolute Gasteiger partial charge is 0.257 e. The molecular weight excluding hydrogens is 304 g/mol. The van der Waals surface area contributed by atoms with Crippen molar-refractivity contribution in [1.29, 1.82) is 0 Å². The van der Waals surface area contributed by atoms with Crippen LogP contribution in [0.5, 0.6) is 0 Å². The molecule has 0 saturated heterocycles. The van der Waals surface area contributed by atoms with Gasteiger partial charge < -0.3 is 5.32 Å². The number of nitrogens with one attached hydrogen (secondary N) is 2. The molecule has 5 heteroatoms. The van der Waals surface area contributed by atoms with E-state index in [9.17, 15) is 4.79 Å². The van der Waals surface area contributed by atoms with Gasteiger partial charge in [-0.25, -0.2) is 0 Å². The van der Waals surface area contributed by atoms with Gasteiger partial charge >= 0.3 is 0 Å². The fraction of sp³-hybridized carbons (Fsp3) is 0.125. The summed E-state index contributed by atoms with van der Waals surface area (Å²) in [6.45, 7) is 2.07. The number of carbonyl (C=O) groups is 1. The van der Waals surface area contributed by atoms with Crippen molar-refractivity contribution in [2.45, 2.75) is 13.3 Å². The third-order valence-electron chi connectivity index (χ3n) is 2.98. The summed E-state index contributed by atoms with van der Waals surface area (Å²) >= 11 is 11.0. The van der Waals surface area contributed by atoms with E-state index in [-0.39, 0.29) is 11.0 Å². The number of aryl methyl sites for hydroxylation is 1. The standard InChI is InChI=1S/C16H15ClN2OS/c1-2-11-5-3-4-6-14(11)18-16(21)19-15(20)12-7-9-13(17)10-8-12/h3-10H,2H2,1H3,(H2,18,19,20,21). The summed E-state index contributed by atoms with van der Waals surface area (Å²) in [6, 6.07) is 14.5. The molecule has 0 aliphatic carbocycles. The molecule has 0 bridgehead atoms. The summed E-state index contributed by atoms with van der Waals surface area (Å²) in [5, 5.41) is 6.56. The Morgan fingerprint density at radius 3 is 2.48 bits per heavy atom. The van der Waals surface area contributed by atoms with Crippen LogP contribution in [0.1, 0.15) is 22.8 Å². The molecule has 2 N–H and O–H groups in total. The van der Waals surface area contributed by atoms with Gasteiger partial charge in [0, 0.05) is 16.3 Å². The Kier molecular flexibility index (Phi) is 5.31. The van der Waals surface area contributed by atoms with E-state index in [4.69, 9.17) is 23.8 Å². The van der Waals surface area contributed by atoms with Gasteiger partial charge in [-0.2, -0.15) is 0 Å². The highest BCUT2D eigenvalue weighted by Gasteiger charge is 2.08. The summed E-state index contributed by atoms with van der Waals surface area (Å²) in [5.41, 5.74) is 2.55. The summed E-state index contributed by atoms with van der Waals surface area (Å²) in [7, 11) is 0. The summed E-state index contributed by atoms with van der Waals surface area (Å²) in [5.74, 6) is -0.266. The lowest BCUT2D eigenvalue weighted by Crippen LogP contribution is -2.34. The minimum atomic E-state index is -0.266. The molecule has 0 saturated carbocycles. The molecule has 0 radical (unpaired) electrons. The molecule has 0 aliphatic rings. The van der Waals surface area contributed by atoms with E-state index >= 15 is 0 Å². The highest BCUT2D eigenvalue weighted by molar-refractivity contribution is 7.80. The third-order valence-corrected chi connectivity index (χ3v) is 3.44. The van der Waals surface area contributed by atoms with Crippen LogP contribution in [0.15, 0.2) is 48.5 Å². The lowest BCUT2D eigenvalue weighted by Gasteiger charge is -2.12. The average molecular weight is 319 g/mol. The molecule has 0 unspecified atom stereocenters. The number of para-hydroxylation sites is 1. The van der Waals surface area contributed by atoms with Crippen molar-refractivity contribution >= 4 is 40.5 Å². The van der Waals surface area contributed by atoms with Gasteiger partial charge in [0.1, 0.15) is 0 Å². The van der Waals surface area contributed by atoms with Crippen LogP contribution in [-0.2, 0) is 6.42 Å². The molecule has 21 heavy (non-hydrogen) atoms. The normalized spacial score (nSPS) is 10.0. The van der Waals surface area contributed by atoms with Crippen molar-refractivity contribution in [3.63, 3.8) is 0 Å². The number of benzene rings is 2. The van der Waals surface area contributed by atoms with E-state index in [2.05, 4.69) is 17.6 Å². The highest BCUT2D eigenvalue weighted by atomic mass is 35.5. The van der Waals surface area contributed by atoms with Crippen LogP contribution in [-0.4, -0.2) is 11.0 Å². The lowest BCUT2D eigenvalue weighted by atomic mass is 10.1. The fourth-order valence-electron chi connectivity index (χ4n) is 1.88. The highest BCUT2D eigenvalue weighted by Crippen LogP contribution is 2.15. The van der Waals surface area contributed by atoms with Crippen molar-refractivity contribution < 1.29 is 4.79 Å². The molecule has 1 amide bonds. The Morgan fingerprint density at radius 2 is 1.81 bits per heavy atom. The van der Waals surface area contributed by atoms with Crippen molar-refractivity contribution in [2.24, 2.45) is 0 Å². The lowest BCUT2D eigenvalue weighted by molar-refractivity contribution is 0.0978. The van der Waals surface area contributed by atoms with E-state index in [1.54, 1.807) is 24.3 Å². The number of rotatable bonds is 3. The fourth-order valence-corrected chi connectivity index (χ4v) is 2.21.